The van der Waals surface area contributed by atoms with Crippen molar-refractivity contribution in [3.63, 3.8) is 0 Å². The molecule has 31 heavy (non-hydrogen) atoms. The van der Waals surface area contributed by atoms with Gasteiger partial charge in [0.1, 0.15) is 23.8 Å². The van der Waals surface area contributed by atoms with Gasteiger partial charge in [-0.3, -0.25) is 13.9 Å². The number of thiol groups is 1. The van der Waals surface area contributed by atoms with Crippen molar-refractivity contribution in [3.8, 4) is 5.75 Å². The molecule has 160 valence electrons. The number of Topliss-reactive ketones (excluding diaryl/α,β-unsaturated/α-hetero) is 1. The molecule has 2 unspecified atom stereocenters. The Morgan fingerprint density at radius 2 is 1.87 bits per heavy atom. The van der Waals surface area contributed by atoms with Crippen LogP contribution >= 0.6 is 35.8 Å². The molecule has 1 aliphatic rings. The molecule has 0 radical (unpaired) electrons. The minimum atomic E-state index is -1.05. The van der Waals surface area contributed by atoms with E-state index in [4.69, 9.17) is 21.4 Å². The fourth-order valence-corrected chi connectivity index (χ4v) is 5.38. The van der Waals surface area contributed by atoms with Gasteiger partial charge in [-0.1, -0.05) is 54.7 Å². The van der Waals surface area contributed by atoms with E-state index >= 15 is 0 Å². The maximum Gasteiger partial charge on any atom is 0.248 e. The molecule has 1 aromatic heterocycles. The molecule has 1 N–H and O–H groups in total. The Bertz CT molecular complexity index is 1090. The Balaban J connectivity index is 1.78. The molecule has 3 aromatic rings. The topological polar surface area (TPSA) is 66.8 Å². The van der Waals surface area contributed by atoms with Crippen molar-refractivity contribution >= 4 is 47.4 Å². The molecular formula is C23H20ClNO4S2. The van der Waals surface area contributed by atoms with Crippen molar-refractivity contribution < 1.29 is 19.4 Å². The van der Waals surface area contributed by atoms with E-state index in [1.54, 1.807) is 36.4 Å². The molecule has 5 nitrogen and oxygen atoms in total. The van der Waals surface area contributed by atoms with Crippen LogP contribution in [0.2, 0.25) is 5.02 Å². The van der Waals surface area contributed by atoms with Crippen molar-refractivity contribution in [1.29, 1.82) is 0 Å². The number of halogens is 1. The number of aliphatic hydroxyl groups is 1. The highest BCUT2D eigenvalue weighted by molar-refractivity contribution is 7.78. The maximum atomic E-state index is 13.5. The van der Waals surface area contributed by atoms with Crippen LogP contribution in [0.15, 0.2) is 65.4 Å². The van der Waals surface area contributed by atoms with Crippen LogP contribution in [0, 0.1) is 0 Å². The Morgan fingerprint density at radius 3 is 2.52 bits per heavy atom. The van der Waals surface area contributed by atoms with Gasteiger partial charge in [-0.15, -0.1) is 0 Å². The Morgan fingerprint density at radius 1 is 1.13 bits per heavy atom. The number of thiophene rings is 1. The number of carbonyl (C=O) groups excluding carboxylic acids is 2. The summed E-state index contributed by atoms with van der Waals surface area (Å²) in [4.78, 5) is 26.9. The number of carbonyl (C=O) groups is 2. The van der Waals surface area contributed by atoms with Crippen LogP contribution in [-0.4, -0.2) is 34.3 Å². The van der Waals surface area contributed by atoms with Crippen LogP contribution in [0.3, 0.4) is 0 Å². The molecule has 4 rings (SSSR count). The standard InChI is InChI=1S/C23H20ClNO4S2/c24-19-4-2-1-3-18(19)21-20(27)13-23(25(30)22(21)28,16-9-12-31-14-16)15-5-7-17(8-6-15)29-11-10-26/h1-9,12,14,21,26,30H,10-11,13H2. The molecule has 0 spiro atoms. The summed E-state index contributed by atoms with van der Waals surface area (Å²) in [5.74, 6) is -1.04. The smallest absolute Gasteiger partial charge is 0.248 e. The lowest BCUT2D eigenvalue weighted by atomic mass is 9.73. The van der Waals surface area contributed by atoms with Crippen LogP contribution in [0.1, 0.15) is 29.0 Å². The molecule has 0 bridgehead atoms. The first-order valence-electron chi connectivity index (χ1n) is 9.66. The molecular weight excluding hydrogens is 454 g/mol. The number of hydrogen-bond acceptors (Lipinski definition) is 6. The van der Waals surface area contributed by atoms with Crippen LogP contribution in [0.4, 0.5) is 0 Å². The van der Waals surface area contributed by atoms with E-state index < -0.39 is 17.4 Å². The molecule has 1 fully saturated rings. The lowest BCUT2D eigenvalue weighted by Crippen LogP contribution is -2.54. The van der Waals surface area contributed by atoms with Gasteiger partial charge in [0, 0.05) is 11.4 Å². The zero-order valence-electron chi connectivity index (χ0n) is 16.4. The summed E-state index contributed by atoms with van der Waals surface area (Å²) < 4.78 is 6.82. The van der Waals surface area contributed by atoms with Gasteiger partial charge in [0.2, 0.25) is 5.91 Å². The van der Waals surface area contributed by atoms with E-state index in [9.17, 15) is 9.59 Å². The number of amides is 1. The van der Waals surface area contributed by atoms with Crippen molar-refractivity contribution in [3.05, 3.63) is 87.1 Å². The number of ether oxygens (including phenoxy) is 1. The molecule has 1 amide bonds. The van der Waals surface area contributed by atoms with E-state index in [2.05, 4.69) is 12.8 Å². The first-order chi connectivity index (χ1) is 15.0. The second kappa shape index (κ2) is 9.04. The van der Waals surface area contributed by atoms with Crippen molar-refractivity contribution in [2.75, 3.05) is 13.2 Å². The predicted octanol–water partition coefficient (Wildman–Crippen LogP) is 4.45. The van der Waals surface area contributed by atoms with Gasteiger partial charge in [-0.2, -0.15) is 11.3 Å². The zero-order chi connectivity index (χ0) is 22.0. The SMILES string of the molecule is O=C1CC(c2ccc(OCCO)cc2)(c2ccsc2)N(S)C(=O)C1c1ccccc1Cl. The van der Waals surface area contributed by atoms with Crippen LogP contribution in [0.5, 0.6) is 5.75 Å². The van der Waals surface area contributed by atoms with Crippen molar-refractivity contribution in [2.45, 2.75) is 17.9 Å². The van der Waals surface area contributed by atoms with Gasteiger partial charge in [-0.05, 0) is 51.7 Å². The minimum Gasteiger partial charge on any atom is -0.491 e. The fourth-order valence-electron chi connectivity index (χ4n) is 4.00. The monoisotopic (exact) mass is 473 g/mol. The average Bonchev–Trinajstić information content (AvgIpc) is 3.32. The van der Waals surface area contributed by atoms with Gasteiger partial charge in [0.05, 0.1) is 6.61 Å². The summed E-state index contributed by atoms with van der Waals surface area (Å²) in [6, 6.07) is 16.0. The summed E-state index contributed by atoms with van der Waals surface area (Å²) >= 11 is 12.4. The highest BCUT2D eigenvalue weighted by atomic mass is 35.5. The van der Waals surface area contributed by atoms with Gasteiger partial charge < -0.3 is 9.84 Å². The number of aliphatic hydroxyl groups excluding tert-OH is 1. The summed E-state index contributed by atoms with van der Waals surface area (Å²) in [5, 5.41) is 13.2. The van der Waals surface area contributed by atoms with Crippen molar-refractivity contribution in [1.82, 2.24) is 4.31 Å². The summed E-state index contributed by atoms with van der Waals surface area (Å²) in [5.41, 5.74) is 1.00. The van der Waals surface area contributed by atoms with Crippen LogP contribution < -0.4 is 4.74 Å². The molecule has 0 saturated carbocycles. The Kier molecular flexibility index (Phi) is 6.39. The largest absolute Gasteiger partial charge is 0.491 e. The van der Waals surface area contributed by atoms with E-state index in [1.807, 2.05) is 29.0 Å². The van der Waals surface area contributed by atoms with E-state index in [0.717, 1.165) is 11.1 Å². The first-order valence-corrected chi connectivity index (χ1v) is 11.4. The number of nitrogens with zero attached hydrogens (tertiary/aromatic N) is 1. The second-order valence-corrected chi connectivity index (χ2v) is 8.80. The molecule has 1 saturated heterocycles. The molecule has 2 atom stereocenters. The lowest BCUT2D eigenvalue weighted by molar-refractivity contribution is -0.142. The summed E-state index contributed by atoms with van der Waals surface area (Å²) in [6.45, 7) is 0.0989. The Hall–Kier alpha value is -2.32. The highest BCUT2D eigenvalue weighted by Crippen LogP contribution is 2.48. The van der Waals surface area contributed by atoms with E-state index in [1.165, 1.54) is 15.6 Å². The lowest BCUT2D eigenvalue weighted by Gasteiger charge is -2.46. The highest BCUT2D eigenvalue weighted by Gasteiger charge is 2.52. The third-order valence-electron chi connectivity index (χ3n) is 5.48. The third kappa shape index (κ3) is 3.87. The first kappa shape index (κ1) is 21.9. The van der Waals surface area contributed by atoms with E-state index in [0.29, 0.717) is 16.3 Å². The number of hydrogen-bond donors (Lipinski definition) is 2. The number of ketones is 1. The molecule has 2 heterocycles. The number of piperidine rings is 1. The maximum absolute atomic E-state index is 13.5. The summed E-state index contributed by atoms with van der Waals surface area (Å²) in [7, 11) is 0. The quantitative estimate of drug-likeness (QED) is 0.410. The van der Waals surface area contributed by atoms with Gasteiger partial charge in [0.15, 0.2) is 5.78 Å². The van der Waals surface area contributed by atoms with Gasteiger partial charge >= 0.3 is 0 Å². The molecule has 8 heteroatoms. The average molecular weight is 474 g/mol. The number of rotatable bonds is 6. The predicted molar refractivity (Wildman–Crippen MR) is 124 cm³/mol. The van der Waals surface area contributed by atoms with Gasteiger partial charge in [-0.25, -0.2) is 0 Å². The normalized spacial score (nSPS) is 21.4. The minimum absolute atomic E-state index is 0.0612. The van der Waals surface area contributed by atoms with E-state index in [-0.39, 0.29) is 25.4 Å². The van der Waals surface area contributed by atoms with Crippen molar-refractivity contribution in [2.24, 2.45) is 0 Å². The fraction of sp³-hybridized carbons (Fsp3) is 0.217. The van der Waals surface area contributed by atoms with Gasteiger partial charge in [0.25, 0.3) is 0 Å². The summed E-state index contributed by atoms with van der Waals surface area (Å²) in [6.07, 6.45) is 0.0612. The van der Waals surface area contributed by atoms with Crippen LogP contribution in [0.25, 0.3) is 0 Å². The Labute approximate surface area is 194 Å². The second-order valence-electron chi connectivity index (χ2n) is 7.22. The zero-order valence-corrected chi connectivity index (χ0v) is 18.9. The molecule has 0 aliphatic carbocycles. The third-order valence-corrected chi connectivity index (χ3v) is 7.04. The number of benzene rings is 2. The van der Waals surface area contributed by atoms with Crippen LogP contribution in [-0.2, 0) is 15.1 Å². The molecule has 2 aromatic carbocycles. The molecule has 1 aliphatic heterocycles.